The summed E-state index contributed by atoms with van der Waals surface area (Å²) in [5.74, 6) is -0.347. The van der Waals surface area contributed by atoms with Crippen molar-refractivity contribution in [1.29, 1.82) is 0 Å². The first kappa shape index (κ1) is 20.4. The molecule has 0 spiro atoms. The normalized spacial score (nSPS) is 16.5. The highest BCUT2D eigenvalue weighted by molar-refractivity contribution is 6.10. The van der Waals surface area contributed by atoms with Gasteiger partial charge in [-0.3, -0.25) is 9.59 Å². The molecule has 0 fully saturated rings. The maximum absolute atomic E-state index is 13.1. The Balaban J connectivity index is 1.69. The van der Waals surface area contributed by atoms with Crippen molar-refractivity contribution in [3.05, 3.63) is 90.0 Å². The van der Waals surface area contributed by atoms with E-state index in [4.69, 9.17) is 5.73 Å². The topological polar surface area (TPSA) is 84.2 Å². The summed E-state index contributed by atoms with van der Waals surface area (Å²) in [7, 11) is 0. The molecule has 0 aliphatic carbocycles. The maximum atomic E-state index is 13.1. The lowest BCUT2D eigenvalue weighted by molar-refractivity contribution is -0.111. The molecule has 1 unspecified atom stereocenters. The zero-order valence-electron chi connectivity index (χ0n) is 17.4. The van der Waals surface area contributed by atoms with E-state index in [9.17, 15) is 9.59 Å². The zero-order chi connectivity index (χ0) is 21.8. The first-order valence-electron chi connectivity index (χ1n) is 10.4. The van der Waals surface area contributed by atoms with Gasteiger partial charge in [0.1, 0.15) is 0 Å². The van der Waals surface area contributed by atoms with Crippen LogP contribution in [0.1, 0.15) is 35.7 Å². The van der Waals surface area contributed by atoms with E-state index in [0.29, 0.717) is 16.9 Å². The van der Waals surface area contributed by atoms with Gasteiger partial charge in [-0.1, -0.05) is 67.9 Å². The van der Waals surface area contributed by atoms with E-state index in [0.717, 1.165) is 35.1 Å². The van der Waals surface area contributed by atoms with Crippen LogP contribution in [0.3, 0.4) is 0 Å². The molecule has 1 atom stereocenters. The van der Waals surface area contributed by atoms with E-state index >= 15 is 0 Å². The molecule has 1 aliphatic rings. The third-order valence-electron chi connectivity index (χ3n) is 5.46. The minimum absolute atomic E-state index is 0.100. The Kier molecular flexibility index (Phi) is 5.85. The summed E-state index contributed by atoms with van der Waals surface area (Å²) in [6.07, 6.45) is 3.25. The van der Waals surface area contributed by atoms with Crippen LogP contribution < -0.4 is 16.4 Å². The number of rotatable bonds is 5. The third kappa shape index (κ3) is 4.21. The number of fused-ring (bicyclic) bond motifs is 1. The number of benzene rings is 3. The van der Waals surface area contributed by atoms with Crippen molar-refractivity contribution in [2.24, 2.45) is 0 Å². The van der Waals surface area contributed by atoms with Gasteiger partial charge in [0.25, 0.3) is 5.91 Å². The monoisotopic (exact) mass is 411 g/mol. The fourth-order valence-corrected chi connectivity index (χ4v) is 4.01. The van der Waals surface area contributed by atoms with E-state index in [1.807, 2.05) is 66.7 Å². The third-order valence-corrected chi connectivity index (χ3v) is 5.46. The second kappa shape index (κ2) is 8.88. The quantitative estimate of drug-likeness (QED) is 0.414. The average molecular weight is 412 g/mol. The lowest BCUT2D eigenvalue weighted by Gasteiger charge is -2.28. The van der Waals surface area contributed by atoms with Gasteiger partial charge in [0.15, 0.2) is 0 Å². The summed E-state index contributed by atoms with van der Waals surface area (Å²) in [6, 6.07) is 22.4. The second-order valence-electron chi connectivity index (χ2n) is 7.58. The Morgan fingerprint density at radius 1 is 0.935 bits per heavy atom. The summed E-state index contributed by atoms with van der Waals surface area (Å²) in [4.78, 5) is 25.5. The van der Waals surface area contributed by atoms with Gasteiger partial charge in [-0.05, 0) is 35.8 Å². The van der Waals surface area contributed by atoms with Crippen LogP contribution in [0.15, 0.2) is 78.9 Å². The largest absolute Gasteiger partial charge is 0.398 e. The van der Waals surface area contributed by atoms with Gasteiger partial charge >= 0.3 is 0 Å². The maximum Gasteiger partial charge on any atom is 0.252 e. The number of carbonyl (C=O) groups is 2. The molecule has 4 rings (SSSR count). The van der Waals surface area contributed by atoms with Crippen LogP contribution in [-0.2, 0) is 4.79 Å². The molecule has 0 bridgehead atoms. The number of anilines is 2. The molecule has 0 saturated heterocycles. The minimum Gasteiger partial charge on any atom is -0.398 e. The Morgan fingerprint density at radius 3 is 2.26 bits per heavy atom. The van der Waals surface area contributed by atoms with Crippen molar-refractivity contribution in [2.75, 3.05) is 11.1 Å². The van der Waals surface area contributed by atoms with Crippen LogP contribution in [0.2, 0.25) is 0 Å². The predicted octanol–water partition coefficient (Wildman–Crippen LogP) is 4.87. The summed E-state index contributed by atoms with van der Waals surface area (Å²) in [6.45, 7) is 2.06. The summed E-state index contributed by atoms with van der Waals surface area (Å²) in [5, 5.41) is 6.04. The van der Waals surface area contributed by atoms with Gasteiger partial charge in [-0.2, -0.15) is 0 Å². The number of nitrogens with two attached hydrogens (primary N) is 1. The number of hydrogen-bond donors (Lipinski definition) is 3. The van der Waals surface area contributed by atoms with Gasteiger partial charge in [-0.15, -0.1) is 0 Å². The zero-order valence-corrected chi connectivity index (χ0v) is 17.4. The van der Waals surface area contributed by atoms with Crippen molar-refractivity contribution in [3.8, 4) is 11.1 Å². The first-order chi connectivity index (χ1) is 15.1. The number of nitrogens with one attached hydrogen (secondary N) is 2. The molecule has 3 aromatic rings. The highest BCUT2D eigenvalue weighted by atomic mass is 16.2. The highest BCUT2D eigenvalue weighted by Crippen LogP contribution is 2.33. The molecule has 31 heavy (non-hydrogen) atoms. The second-order valence-corrected chi connectivity index (χ2v) is 7.58. The fraction of sp³-hybridized carbons (Fsp3) is 0.154. The summed E-state index contributed by atoms with van der Waals surface area (Å²) >= 11 is 0. The molecule has 5 heteroatoms. The van der Waals surface area contributed by atoms with Gasteiger partial charge in [0, 0.05) is 34.1 Å². The van der Waals surface area contributed by atoms with Crippen molar-refractivity contribution >= 4 is 28.8 Å². The first-order valence-corrected chi connectivity index (χ1v) is 10.4. The van der Waals surface area contributed by atoms with Crippen molar-refractivity contribution < 1.29 is 9.59 Å². The Morgan fingerprint density at radius 2 is 1.55 bits per heavy atom. The van der Waals surface area contributed by atoms with E-state index < -0.39 is 0 Å². The molecule has 5 nitrogen and oxygen atoms in total. The highest BCUT2D eigenvalue weighted by Gasteiger charge is 2.28. The van der Waals surface area contributed by atoms with Crippen LogP contribution in [-0.4, -0.2) is 17.9 Å². The van der Waals surface area contributed by atoms with Gasteiger partial charge < -0.3 is 16.4 Å². The number of para-hydroxylation sites is 2. The minimum atomic E-state index is -0.246. The molecule has 0 aromatic heterocycles. The summed E-state index contributed by atoms with van der Waals surface area (Å²) in [5.41, 5.74) is 11.4. The number of carbonyl (C=O) groups excluding carboxylic acids is 2. The summed E-state index contributed by atoms with van der Waals surface area (Å²) < 4.78 is 0. The van der Waals surface area contributed by atoms with E-state index in [-0.39, 0.29) is 17.9 Å². The van der Waals surface area contributed by atoms with E-state index in [2.05, 4.69) is 17.6 Å². The molecular formula is C26H25N3O2. The van der Waals surface area contributed by atoms with Crippen LogP contribution in [0.4, 0.5) is 11.4 Å². The number of nitrogen functional groups attached to an aromatic ring is 1. The Labute approximate surface area is 182 Å². The Bertz CT molecular complexity index is 1170. The predicted molar refractivity (Wildman–Crippen MR) is 126 cm³/mol. The molecular weight excluding hydrogens is 386 g/mol. The van der Waals surface area contributed by atoms with Gasteiger partial charge in [0.2, 0.25) is 5.91 Å². The van der Waals surface area contributed by atoms with Crippen LogP contribution >= 0.6 is 0 Å². The van der Waals surface area contributed by atoms with E-state index in [1.54, 1.807) is 12.1 Å². The van der Waals surface area contributed by atoms with Gasteiger partial charge in [0.05, 0.1) is 6.04 Å². The van der Waals surface area contributed by atoms with Crippen molar-refractivity contribution in [3.63, 3.8) is 0 Å². The fourth-order valence-electron chi connectivity index (χ4n) is 4.01. The number of hydrogen-bond acceptors (Lipinski definition) is 3. The van der Waals surface area contributed by atoms with Gasteiger partial charge in [-0.25, -0.2) is 0 Å². The molecule has 156 valence electrons. The average Bonchev–Trinajstić information content (AvgIpc) is 2.77. The molecule has 1 heterocycles. The SMILES string of the molecule is CCCC1NC(=O)c2ccccc2/C1=C/C(=O)Nc1ccccc1-c1ccccc1N. The molecule has 3 aromatic carbocycles. The Hall–Kier alpha value is -3.86. The van der Waals surface area contributed by atoms with Crippen molar-refractivity contribution in [2.45, 2.75) is 25.8 Å². The molecule has 1 aliphatic heterocycles. The van der Waals surface area contributed by atoms with Crippen LogP contribution in [0.5, 0.6) is 0 Å². The smallest absolute Gasteiger partial charge is 0.252 e. The lowest BCUT2D eigenvalue weighted by atomic mass is 9.87. The number of amides is 2. The van der Waals surface area contributed by atoms with Crippen molar-refractivity contribution in [1.82, 2.24) is 5.32 Å². The lowest BCUT2D eigenvalue weighted by Crippen LogP contribution is -2.40. The molecule has 0 radical (unpaired) electrons. The van der Waals surface area contributed by atoms with Crippen LogP contribution in [0, 0.1) is 0 Å². The van der Waals surface area contributed by atoms with Crippen LogP contribution in [0.25, 0.3) is 16.7 Å². The standard InChI is InChI=1S/C26H25N3O2/c1-2-9-23-21(17-10-3-4-13-20(17)26(31)29-23)16-25(30)28-24-15-8-6-12-19(24)18-11-5-7-14-22(18)27/h3-8,10-16,23H,2,9,27H2,1H3,(H,28,30)(H,29,31)/b21-16-. The van der Waals surface area contributed by atoms with E-state index in [1.165, 1.54) is 0 Å². The molecule has 4 N–H and O–H groups in total. The molecule has 0 saturated carbocycles. The molecule has 2 amide bonds.